The summed E-state index contributed by atoms with van der Waals surface area (Å²) in [5, 5.41) is 8.57. The van der Waals surface area contributed by atoms with Gasteiger partial charge in [-0.2, -0.15) is 0 Å². The first kappa shape index (κ1) is 18.7. The van der Waals surface area contributed by atoms with E-state index in [4.69, 9.17) is 5.11 Å². The predicted octanol–water partition coefficient (Wildman–Crippen LogP) is 3.23. The predicted molar refractivity (Wildman–Crippen MR) is 94.2 cm³/mol. The van der Waals surface area contributed by atoms with Crippen molar-refractivity contribution in [3.8, 4) is 0 Å². The van der Waals surface area contributed by atoms with E-state index in [0.717, 1.165) is 5.56 Å². The minimum absolute atomic E-state index is 0.0554. The van der Waals surface area contributed by atoms with Crippen molar-refractivity contribution in [1.82, 2.24) is 0 Å². The molecule has 25 heavy (non-hydrogen) atoms. The Morgan fingerprint density at radius 2 is 1.56 bits per heavy atom. The number of nitrogens with one attached hydrogen (secondary N) is 1. The third-order valence-corrected chi connectivity index (χ3v) is 4.98. The number of benzene rings is 2. The van der Waals surface area contributed by atoms with Crippen LogP contribution >= 0.6 is 0 Å². The third kappa shape index (κ3) is 5.42. The lowest BCUT2D eigenvalue weighted by Gasteiger charge is -2.09. The summed E-state index contributed by atoms with van der Waals surface area (Å²) in [4.78, 5) is 22.6. The number of aryl methyl sites for hydroxylation is 1. The molecule has 0 aliphatic heterocycles. The fourth-order valence-electron chi connectivity index (χ4n) is 2.20. The number of carbonyl (C=O) groups excluding carboxylic acids is 1. The fourth-order valence-corrected chi connectivity index (χ4v) is 3.26. The van der Waals surface area contributed by atoms with E-state index in [0.29, 0.717) is 11.3 Å². The molecule has 0 radical (unpaired) electrons. The van der Waals surface area contributed by atoms with Crippen molar-refractivity contribution in [2.24, 2.45) is 0 Å². The van der Waals surface area contributed by atoms with Crippen LogP contribution in [-0.2, 0) is 14.8 Å². The summed E-state index contributed by atoms with van der Waals surface area (Å²) in [6, 6.07) is 12.6. The molecule has 0 heterocycles. The van der Waals surface area contributed by atoms with Crippen LogP contribution in [0, 0.1) is 6.92 Å². The summed E-state index contributed by atoms with van der Waals surface area (Å²) in [6.07, 6.45) is 0.358. The zero-order chi connectivity index (χ0) is 18.4. The van der Waals surface area contributed by atoms with Crippen LogP contribution in [0.2, 0.25) is 0 Å². The van der Waals surface area contributed by atoms with Gasteiger partial charge in [0, 0.05) is 24.1 Å². The third-order valence-electron chi connectivity index (χ3n) is 3.58. The quantitative estimate of drug-likeness (QED) is 0.703. The SMILES string of the molecule is Cc1ccc(S(=O)(=O)Nc2ccc(C(=O)CCCC(=O)O)cc2)cc1. The Bertz CT molecular complexity index is 855. The van der Waals surface area contributed by atoms with E-state index in [2.05, 4.69) is 4.72 Å². The Labute approximate surface area is 146 Å². The molecule has 2 aromatic carbocycles. The monoisotopic (exact) mass is 361 g/mol. The first-order chi connectivity index (χ1) is 11.8. The smallest absolute Gasteiger partial charge is 0.303 e. The Hall–Kier alpha value is -2.67. The molecule has 0 amide bonds. The molecule has 0 unspecified atom stereocenters. The number of Topliss-reactive ketones (excluding diaryl/α,β-unsaturated/α-hetero) is 1. The van der Waals surface area contributed by atoms with Gasteiger partial charge in [-0.15, -0.1) is 0 Å². The Morgan fingerprint density at radius 1 is 0.960 bits per heavy atom. The van der Waals surface area contributed by atoms with Crippen molar-refractivity contribution in [2.75, 3.05) is 4.72 Å². The van der Waals surface area contributed by atoms with E-state index in [1.807, 2.05) is 6.92 Å². The molecule has 0 saturated heterocycles. The average molecular weight is 361 g/mol. The zero-order valence-electron chi connectivity index (χ0n) is 13.7. The van der Waals surface area contributed by atoms with E-state index in [9.17, 15) is 18.0 Å². The van der Waals surface area contributed by atoms with Gasteiger partial charge < -0.3 is 5.11 Å². The lowest BCUT2D eigenvalue weighted by Crippen LogP contribution is -2.13. The molecular formula is C18H19NO5S. The minimum Gasteiger partial charge on any atom is -0.481 e. The van der Waals surface area contributed by atoms with Crippen LogP contribution in [0.3, 0.4) is 0 Å². The molecule has 0 aromatic heterocycles. The summed E-state index contributed by atoms with van der Waals surface area (Å²) in [6.45, 7) is 1.87. The van der Waals surface area contributed by atoms with E-state index in [-0.39, 0.29) is 29.9 Å². The number of sulfonamides is 1. The number of ketones is 1. The van der Waals surface area contributed by atoms with Gasteiger partial charge in [0.25, 0.3) is 10.0 Å². The van der Waals surface area contributed by atoms with Crippen LogP contribution in [-0.4, -0.2) is 25.3 Å². The van der Waals surface area contributed by atoms with Gasteiger partial charge >= 0.3 is 5.97 Å². The van der Waals surface area contributed by atoms with Gasteiger partial charge in [-0.1, -0.05) is 17.7 Å². The maximum absolute atomic E-state index is 12.3. The molecule has 0 aliphatic rings. The Morgan fingerprint density at radius 3 is 2.12 bits per heavy atom. The topological polar surface area (TPSA) is 101 Å². The molecule has 6 nitrogen and oxygen atoms in total. The average Bonchev–Trinajstić information content (AvgIpc) is 2.55. The molecule has 0 spiro atoms. The number of carboxylic acid groups (broad SMARTS) is 1. The molecule has 0 atom stereocenters. The Balaban J connectivity index is 2.03. The van der Waals surface area contributed by atoms with Gasteiger partial charge in [0.15, 0.2) is 5.78 Å². The number of rotatable bonds is 8. The second-order valence-electron chi connectivity index (χ2n) is 5.67. The summed E-state index contributed by atoms with van der Waals surface area (Å²) in [5.74, 6) is -1.11. The first-order valence-electron chi connectivity index (χ1n) is 7.72. The molecule has 2 rings (SSSR count). The highest BCUT2D eigenvalue weighted by Crippen LogP contribution is 2.18. The summed E-state index contributed by atoms with van der Waals surface area (Å²) in [5.41, 5.74) is 1.73. The fraction of sp³-hybridized carbons (Fsp3) is 0.222. The second-order valence-corrected chi connectivity index (χ2v) is 7.35. The molecule has 132 valence electrons. The van der Waals surface area contributed by atoms with Crippen LogP contribution in [0.5, 0.6) is 0 Å². The van der Waals surface area contributed by atoms with Gasteiger partial charge in [-0.3, -0.25) is 14.3 Å². The minimum atomic E-state index is -3.69. The van der Waals surface area contributed by atoms with E-state index in [1.165, 1.54) is 36.4 Å². The summed E-state index contributed by atoms with van der Waals surface area (Å²) >= 11 is 0. The molecule has 2 N–H and O–H groups in total. The number of anilines is 1. The standard InChI is InChI=1S/C18H19NO5S/c1-13-5-11-16(12-6-13)25(23,24)19-15-9-7-14(8-10-15)17(20)3-2-4-18(21)22/h5-12,19H,2-4H2,1H3,(H,21,22). The molecule has 2 aromatic rings. The van der Waals surface area contributed by atoms with E-state index in [1.54, 1.807) is 12.1 Å². The normalized spacial score (nSPS) is 11.1. The number of carbonyl (C=O) groups is 2. The van der Waals surface area contributed by atoms with Gasteiger partial charge in [0.05, 0.1) is 4.90 Å². The molecule has 0 aliphatic carbocycles. The molecule has 0 saturated carbocycles. The van der Waals surface area contributed by atoms with E-state index >= 15 is 0 Å². The van der Waals surface area contributed by atoms with Crippen LogP contribution in [0.4, 0.5) is 5.69 Å². The van der Waals surface area contributed by atoms with Gasteiger partial charge in [0.1, 0.15) is 0 Å². The number of carboxylic acids is 1. The molecule has 0 bridgehead atoms. The highest BCUT2D eigenvalue weighted by molar-refractivity contribution is 7.92. The lowest BCUT2D eigenvalue weighted by atomic mass is 10.1. The van der Waals surface area contributed by atoms with Crippen molar-refractivity contribution < 1.29 is 23.1 Å². The van der Waals surface area contributed by atoms with Crippen molar-refractivity contribution in [1.29, 1.82) is 0 Å². The van der Waals surface area contributed by atoms with Crippen LogP contribution in [0.25, 0.3) is 0 Å². The van der Waals surface area contributed by atoms with Crippen molar-refractivity contribution >= 4 is 27.5 Å². The van der Waals surface area contributed by atoms with Crippen LogP contribution in [0.1, 0.15) is 35.2 Å². The first-order valence-corrected chi connectivity index (χ1v) is 9.21. The lowest BCUT2D eigenvalue weighted by molar-refractivity contribution is -0.137. The highest BCUT2D eigenvalue weighted by Gasteiger charge is 2.14. The maximum Gasteiger partial charge on any atom is 0.303 e. The highest BCUT2D eigenvalue weighted by atomic mass is 32.2. The molecular weight excluding hydrogens is 342 g/mol. The number of hydrogen-bond acceptors (Lipinski definition) is 4. The second kappa shape index (κ2) is 7.94. The van der Waals surface area contributed by atoms with Crippen LogP contribution in [0.15, 0.2) is 53.4 Å². The van der Waals surface area contributed by atoms with Gasteiger partial charge in [0.2, 0.25) is 0 Å². The largest absolute Gasteiger partial charge is 0.481 e. The molecule has 7 heteroatoms. The maximum atomic E-state index is 12.3. The number of hydrogen-bond donors (Lipinski definition) is 2. The van der Waals surface area contributed by atoms with Gasteiger partial charge in [-0.05, 0) is 49.7 Å². The molecule has 0 fully saturated rings. The summed E-state index contributed by atoms with van der Waals surface area (Å²) in [7, 11) is -3.69. The zero-order valence-corrected chi connectivity index (χ0v) is 14.5. The summed E-state index contributed by atoms with van der Waals surface area (Å²) < 4.78 is 27.1. The number of aliphatic carboxylic acids is 1. The van der Waals surface area contributed by atoms with Crippen molar-refractivity contribution in [2.45, 2.75) is 31.1 Å². The van der Waals surface area contributed by atoms with Crippen LogP contribution < -0.4 is 4.72 Å². The van der Waals surface area contributed by atoms with E-state index < -0.39 is 16.0 Å². The van der Waals surface area contributed by atoms with Crippen molar-refractivity contribution in [3.05, 3.63) is 59.7 Å². The van der Waals surface area contributed by atoms with Gasteiger partial charge in [-0.25, -0.2) is 8.42 Å². The van der Waals surface area contributed by atoms with Crippen molar-refractivity contribution in [3.63, 3.8) is 0 Å². The Kier molecular flexibility index (Phi) is 5.93.